The standard InChI is InChI=1S/C23H29ClN4O3/c24-20-14-26-18(11-22(29)17-13-25-6-9-31-15-17)10-19(20)21-2-1-3-23(28-21)27-12-16-4-7-30-8-5-16/h1-3,10,14,16-17,25H,4-9,11-13,15H2,(H,27,28). The van der Waals surface area contributed by atoms with Crippen LogP contribution in [0.25, 0.3) is 11.3 Å². The monoisotopic (exact) mass is 444 g/mol. The van der Waals surface area contributed by atoms with E-state index in [1.54, 1.807) is 6.20 Å². The fraction of sp³-hybridized carbons (Fsp3) is 0.522. The molecule has 4 heterocycles. The molecular weight excluding hydrogens is 416 g/mol. The van der Waals surface area contributed by atoms with Crippen molar-refractivity contribution in [3.05, 3.63) is 41.2 Å². The van der Waals surface area contributed by atoms with Gasteiger partial charge < -0.3 is 20.1 Å². The second kappa shape index (κ2) is 11.0. The zero-order valence-electron chi connectivity index (χ0n) is 17.6. The first-order valence-corrected chi connectivity index (χ1v) is 11.3. The lowest BCUT2D eigenvalue weighted by atomic mass is 10.00. The van der Waals surface area contributed by atoms with Gasteiger partial charge in [-0.15, -0.1) is 0 Å². The van der Waals surface area contributed by atoms with Crippen LogP contribution in [0.3, 0.4) is 0 Å². The fourth-order valence-corrected chi connectivity index (χ4v) is 4.09. The summed E-state index contributed by atoms with van der Waals surface area (Å²) in [6.45, 7) is 5.04. The minimum absolute atomic E-state index is 0.120. The molecule has 31 heavy (non-hydrogen) atoms. The summed E-state index contributed by atoms with van der Waals surface area (Å²) >= 11 is 6.44. The van der Waals surface area contributed by atoms with Gasteiger partial charge in [0, 0.05) is 56.7 Å². The molecule has 2 aliphatic heterocycles. The zero-order valence-corrected chi connectivity index (χ0v) is 18.4. The Balaban J connectivity index is 1.44. The lowest BCUT2D eigenvalue weighted by Crippen LogP contribution is -2.30. The van der Waals surface area contributed by atoms with E-state index in [1.807, 2.05) is 24.3 Å². The Labute approximate surface area is 187 Å². The number of hydrogen-bond donors (Lipinski definition) is 2. The highest BCUT2D eigenvalue weighted by Gasteiger charge is 2.22. The van der Waals surface area contributed by atoms with Crippen LogP contribution in [-0.2, 0) is 20.7 Å². The van der Waals surface area contributed by atoms with Crippen LogP contribution in [0.2, 0.25) is 5.02 Å². The van der Waals surface area contributed by atoms with E-state index < -0.39 is 0 Å². The van der Waals surface area contributed by atoms with E-state index in [-0.39, 0.29) is 18.1 Å². The van der Waals surface area contributed by atoms with E-state index in [0.717, 1.165) is 56.2 Å². The van der Waals surface area contributed by atoms with Crippen LogP contribution >= 0.6 is 11.6 Å². The van der Waals surface area contributed by atoms with Crippen molar-refractivity contribution in [3.8, 4) is 11.3 Å². The molecule has 2 fully saturated rings. The maximum atomic E-state index is 12.7. The summed E-state index contributed by atoms with van der Waals surface area (Å²) in [5, 5.41) is 7.20. The number of hydrogen-bond acceptors (Lipinski definition) is 7. The first-order chi connectivity index (χ1) is 15.2. The van der Waals surface area contributed by atoms with E-state index in [2.05, 4.69) is 15.6 Å². The van der Waals surface area contributed by atoms with Crippen molar-refractivity contribution in [1.82, 2.24) is 15.3 Å². The molecule has 0 aromatic carbocycles. The summed E-state index contributed by atoms with van der Waals surface area (Å²) in [6, 6.07) is 7.72. The fourth-order valence-electron chi connectivity index (χ4n) is 3.89. The third-order valence-corrected chi connectivity index (χ3v) is 6.09. The minimum Gasteiger partial charge on any atom is -0.381 e. The molecule has 8 heteroatoms. The molecule has 1 unspecified atom stereocenters. The van der Waals surface area contributed by atoms with E-state index in [4.69, 9.17) is 26.1 Å². The molecule has 2 saturated heterocycles. The van der Waals surface area contributed by atoms with E-state index in [1.165, 1.54) is 0 Å². The molecule has 2 aromatic heterocycles. The molecule has 166 valence electrons. The third-order valence-electron chi connectivity index (χ3n) is 5.79. The quantitative estimate of drug-likeness (QED) is 0.679. The Bertz CT molecular complexity index is 881. The Hall–Kier alpha value is -2.06. The summed E-state index contributed by atoms with van der Waals surface area (Å²) < 4.78 is 10.9. The van der Waals surface area contributed by atoms with Crippen molar-refractivity contribution in [3.63, 3.8) is 0 Å². The maximum absolute atomic E-state index is 12.7. The molecule has 0 amide bonds. The highest BCUT2D eigenvalue weighted by molar-refractivity contribution is 6.33. The molecule has 0 saturated carbocycles. The number of anilines is 1. The molecule has 0 spiro atoms. The highest BCUT2D eigenvalue weighted by Crippen LogP contribution is 2.28. The Morgan fingerprint density at radius 3 is 2.97 bits per heavy atom. The summed E-state index contributed by atoms with van der Waals surface area (Å²) in [6.07, 6.45) is 4.00. The first-order valence-electron chi connectivity index (χ1n) is 10.9. The van der Waals surface area contributed by atoms with Crippen LogP contribution in [0.4, 0.5) is 5.82 Å². The topological polar surface area (TPSA) is 85.4 Å². The smallest absolute Gasteiger partial charge is 0.145 e. The Kier molecular flexibility index (Phi) is 7.86. The number of carbonyl (C=O) groups excluding carboxylic acids is 1. The normalized spacial score (nSPS) is 20.2. The zero-order chi connectivity index (χ0) is 21.5. The van der Waals surface area contributed by atoms with Gasteiger partial charge in [0.05, 0.1) is 29.8 Å². The molecule has 4 rings (SSSR count). The largest absolute Gasteiger partial charge is 0.381 e. The van der Waals surface area contributed by atoms with Crippen molar-refractivity contribution in [2.24, 2.45) is 11.8 Å². The van der Waals surface area contributed by atoms with Crippen LogP contribution in [-0.4, -0.2) is 61.8 Å². The van der Waals surface area contributed by atoms with Gasteiger partial charge in [-0.25, -0.2) is 4.98 Å². The molecule has 2 aromatic rings. The Morgan fingerprint density at radius 1 is 1.23 bits per heavy atom. The molecule has 2 aliphatic rings. The number of nitrogens with zero attached hydrogens (tertiary/aromatic N) is 2. The predicted molar refractivity (Wildman–Crippen MR) is 120 cm³/mol. The summed E-state index contributed by atoms with van der Waals surface area (Å²) in [5.74, 6) is 1.38. The molecule has 0 bridgehead atoms. The van der Waals surface area contributed by atoms with Gasteiger partial charge in [0.2, 0.25) is 0 Å². The number of ether oxygens (including phenoxy) is 2. The molecule has 0 radical (unpaired) electrons. The summed E-state index contributed by atoms with van der Waals surface area (Å²) in [5.41, 5.74) is 2.23. The van der Waals surface area contributed by atoms with Crippen molar-refractivity contribution in [2.75, 3.05) is 51.4 Å². The van der Waals surface area contributed by atoms with Gasteiger partial charge in [0.15, 0.2) is 0 Å². The number of halogens is 1. The van der Waals surface area contributed by atoms with Crippen molar-refractivity contribution >= 4 is 23.2 Å². The number of aromatic nitrogens is 2. The second-order valence-corrected chi connectivity index (χ2v) is 8.53. The molecular formula is C23H29ClN4O3. The second-order valence-electron chi connectivity index (χ2n) is 8.12. The van der Waals surface area contributed by atoms with E-state index in [0.29, 0.717) is 36.4 Å². The van der Waals surface area contributed by atoms with Gasteiger partial charge in [0.25, 0.3) is 0 Å². The van der Waals surface area contributed by atoms with Crippen LogP contribution in [0.5, 0.6) is 0 Å². The summed E-state index contributed by atoms with van der Waals surface area (Å²) in [4.78, 5) is 21.8. The van der Waals surface area contributed by atoms with Crippen molar-refractivity contribution in [1.29, 1.82) is 0 Å². The highest BCUT2D eigenvalue weighted by atomic mass is 35.5. The number of nitrogens with one attached hydrogen (secondary N) is 2. The molecule has 2 N–H and O–H groups in total. The van der Waals surface area contributed by atoms with Gasteiger partial charge in [-0.3, -0.25) is 9.78 Å². The average Bonchev–Trinajstić information content (AvgIpc) is 3.10. The lowest BCUT2D eigenvalue weighted by molar-refractivity contribution is -0.123. The van der Waals surface area contributed by atoms with Gasteiger partial charge in [-0.1, -0.05) is 17.7 Å². The van der Waals surface area contributed by atoms with Crippen LogP contribution in [0.1, 0.15) is 18.5 Å². The van der Waals surface area contributed by atoms with Gasteiger partial charge >= 0.3 is 0 Å². The van der Waals surface area contributed by atoms with Crippen LogP contribution in [0, 0.1) is 11.8 Å². The lowest BCUT2D eigenvalue weighted by Gasteiger charge is -2.22. The summed E-state index contributed by atoms with van der Waals surface area (Å²) in [7, 11) is 0. The molecule has 0 aliphatic carbocycles. The van der Waals surface area contributed by atoms with Gasteiger partial charge in [-0.2, -0.15) is 0 Å². The van der Waals surface area contributed by atoms with Crippen LogP contribution < -0.4 is 10.6 Å². The SMILES string of the molecule is O=C(Cc1cc(-c2cccc(NCC3CCOCC3)n2)c(Cl)cn1)C1CNCCOC1. The van der Waals surface area contributed by atoms with Gasteiger partial charge in [-0.05, 0) is 37.0 Å². The third kappa shape index (κ3) is 6.23. The van der Waals surface area contributed by atoms with Crippen molar-refractivity contribution in [2.45, 2.75) is 19.3 Å². The Morgan fingerprint density at radius 2 is 2.10 bits per heavy atom. The number of Topliss-reactive ketones (excluding diaryl/α,β-unsaturated/α-hetero) is 1. The number of carbonyl (C=O) groups is 1. The number of ketones is 1. The van der Waals surface area contributed by atoms with Crippen molar-refractivity contribution < 1.29 is 14.3 Å². The van der Waals surface area contributed by atoms with E-state index >= 15 is 0 Å². The molecule has 1 atom stereocenters. The van der Waals surface area contributed by atoms with Gasteiger partial charge in [0.1, 0.15) is 11.6 Å². The molecule has 7 nitrogen and oxygen atoms in total. The van der Waals surface area contributed by atoms with E-state index in [9.17, 15) is 4.79 Å². The average molecular weight is 445 g/mol. The predicted octanol–water partition coefficient (Wildman–Crippen LogP) is 2.98. The minimum atomic E-state index is -0.153. The number of pyridine rings is 2. The van der Waals surface area contributed by atoms with Crippen LogP contribution in [0.15, 0.2) is 30.5 Å². The number of rotatable bonds is 7. The first kappa shape index (κ1) is 22.1. The maximum Gasteiger partial charge on any atom is 0.145 e.